The summed E-state index contributed by atoms with van der Waals surface area (Å²) in [6, 6.07) is 8.72. The van der Waals surface area contributed by atoms with E-state index in [1.54, 1.807) is 12.1 Å². The van der Waals surface area contributed by atoms with Crippen molar-refractivity contribution in [2.24, 2.45) is 0 Å². The number of imide groups is 2. The zero-order valence-corrected chi connectivity index (χ0v) is 42.4. The molecule has 0 atom stereocenters. The van der Waals surface area contributed by atoms with Crippen LogP contribution >= 0.6 is 0 Å². The molecular weight excluding hydrogens is 924 g/mol. The molecule has 4 amide bonds. The molecule has 0 saturated carbocycles. The number of nitrogens with zero attached hydrogens (tertiary/aromatic N) is 4. The van der Waals surface area contributed by atoms with Gasteiger partial charge in [-0.2, -0.15) is 13.0 Å². The predicted molar refractivity (Wildman–Crippen MR) is 232 cm³/mol. The van der Waals surface area contributed by atoms with Crippen LogP contribution in [0.2, 0.25) is 0 Å². The van der Waals surface area contributed by atoms with Gasteiger partial charge in [0.2, 0.25) is 5.69 Å². The van der Waals surface area contributed by atoms with Gasteiger partial charge in [-0.05, 0) is 81.5 Å². The van der Waals surface area contributed by atoms with Gasteiger partial charge >= 0.3 is 63.3 Å². The number of unbranched alkanes of at least 4 members (excludes halogenated alkanes) is 4. The summed E-state index contributed by atoms with van der Waals surface area (Å²) in [4.78, 5) is 83.4. The van der Waals surface area contributed by atoms with Crippen molar-refractivity contribution in [1.82, 2.24) is 10.1 Å². The Bertz CT molecular complexity index is 2640. The Kier molecular flexibility index (Phi) is 17.1. The molecule has 0 aromatic heterocycles. The Balaban J connectivity index is 0.00000817. The molecule has 21 heteroatoms. The van der Waals surface area contributed by atoms with E-state index in [9.17, 15) is 54.7 Å². The molecule has 2 fully saturated rings. The minimum atomic E-state index is -4.74. The fourth-order valence-corrected chi connectivity index (χ4v) is 9.51. The van der Waals surface area contributed by atoms with Crippen LogP contribution in [0.1, 0.15) is 116 Å². The van der Waals surface area contributed by atoms with Crippen LogP contribution in [-0.2, 0) is 69.5 Å². The van der Waals surface area contributed by atoms with E-state index in [-0.39, 0.29) is 99.7 Å². The van der Waals surface area contributed by atoms with Crippen molar-refractivity contribution in [2.75, 3.05) is 18.0 Å². The molecule has 66 heavy (non-hydrogen) atoms. The third-order valence-electron chi connectivity index (χ3n) is 12.0. The Hall–Kier alpha value is -4.19. The monoisotopic (exact) mass is 975 g/mol. The van der Waals surface area contributed by atoms with E-state index in [0.29, 0.717) is 72.9 Å². The fourth-order valence-electron chi connectivity index (χ4n) is 8.51. The van der Waals surface area contributed by atoms with Crippen molar-refractivity contribution < 1.29 is 120 Å². The van der Waals surface area contributed by atoms with E-state index in [1.807, 2.05) is 62.7 Å². The second-order valence-corrected chi connectivity index (χ2v) is 20.0. The molecule has 6 rings (SSSR count). The van der Waals surface area contributed by atoms with Gasteiger partial charge in [0.25, 0.3) is 33.7 Å². The SMILES string of the molecule is CC1(C)C(=CC=CC=CC2=[N+](CCCCCC(=O)ON3C(=O)CCC3=O)c3ccc(S(=O)(=O)[O-])cc3C2(C)C)N(CCCCCC(=O)ON2C(=O)CCC2=O)c2ccc(S(=O)(=O)O)cc21.[K+]. The van der Waals surface area contributed by atoms with Crippen LogP contribution in [0, 0.1) is 0 Å². The summed E-state index contributed by atoms with van der Waals surface area (Å²) in [5.74, 6) is -3.58. The first-order chi connectivity index (χ1) is 30.5. The average Bonchev–Trinajstić information content (AvgIpc) is 3.86. The molecule has 0 radical (unpaired) electrons. The first-order valence-corrected chi connectivity index (χ1v) is 24.2. The Morgan fingerprint density at radius 2 is 1.24 bits per heavy atom. The summed E-state index contributed by atoms with van der Waals surface area (Å²) in [5.41, 5.74) is 2.96. The normalized spacial score (nSPS) is 18.6. The average molecular weight is 976 g/mol. The topological polar surface area (TPSA) is 245 Å². The maximum absolute atomic E-state index is 12.4. The van der Waals surface area contributed by atoms with Crippen LogP contribution in [0.15, 0.2) is 82.3 Å². The van der Waals surface area contributed by atoms with Crippen molar-refractivity contribution in [3.63, 3.8) is 0 Å². The van der Waals surface area contributed by atoms with Crippen LogP contribution < -0.4 is 56.3 Å². The van der Waals surface area contributed by atoms with E-state index in [4.69, 9.17) is 9.68 Å². The number of amides is 4. The first-order valence-electron chi connectivity index (χ1n) is 21.4. The molecule has 2 saturated heterocycles. The number of allylic oxidation sites excluding steroid dienone is 6. The maximum atomic E-state index is 12.4. The largest absolute Gasteiger partial charge is 1.00 e. The molecule has 4 heterocycles. The molecule has 0 spiro atoms. The van der Waals surface area contributed by atoms with Crippen molar-refractivity contribution in [3.05, 3.63) is 83.6 Å². The fraction of sp³-hybridized carbons (Fsp3) is 0.444. The molecule has 0 unspecified atom stereocenters. The Labute approximate surface area is 426 Å². The van der Waals surface area contributed by atoms with Crippen LogP contribution in [0.3, 0.4) is 0 Å². The number of hydroxylamine groups is 4. The molecule has 4 aliphatic heterocycles. The number of benzene rings is 2. The molecule has 1 N–H and O–H groups in total. The minimum absolute atomic E-state index is 0. The van der Waals surface area contributed by atoms with Gasteiger partial charge in [-0.25, -0.2) is 18.0 Å². The quantitative estimate of drug-likeness (QED) is 0.0530. The van der Waals surface area contributed by atoms with Crippen LogP contribution in [0.25, 0.3) is 0 Å². The van der Waals surface area contributed by atoms with E-state index >= 15 is 0 Å². The maximum Gasteiger partial charge on any atom is 1.00 e. The number of hydrogen-bond donors (Lipinski definition) is 1. The molecule has 348 valence electrons. The smallest absolute Gasteiger partial charge is 0.744 e. The second kappa shape index (κ2) is 21.4. The van der Waals surface area contributed by atoms with Crippen molar-refractivity contribution in [2.45, 2.75) is 125 Å². The molecular formula is C45H52KN4O14S2+. The Morgan fingerprint density at radius 1 is 0.712 bits per heavy atom. The number of carbonyl (C=O) groups is 6. The predicted octanol–water partition coefficient (Wildman–Crippen LogP) is 2.35. The molecule has 0 aliphatic carbocycles. The van der Waals surface area contributed by atoms with E-state index in [2.05, 4.69) is 4.90 Å². The van der Waals surface area contributed by atoms with Gasteiger partial charge < -0.3 is 19.1 Å². The summed E-state index contributed by atoms with van der Waals surface area (Å²) in [6.07, 6.45) is 12.5. The zero-order chi connectivity index (χ0) is 47.5. The Morgan fingerprint density at radius 3 is 1.79 bits per heavy atom. The van der Waals surface area contributed by atoms with Gasteiger partial charge in [0.05, 0.1) is 15.2 Å². The van der Waals surface area contributed by atoms with E-state index < -0.39 is 66.6 Å². The van der Waals surface area contributed by atoms with Crippen LogP contribution in [0.5, 0.6) is 0 Å². The summed E-state index contributed by atoms with van der Waals surface area (Å²) in [5, 5.41) is 1.04. The number of hydrogen-bond acceptors (Lipinski definition) is 14. The zero-order valence-electron chi connectivity index (χ0n) is 37.6. The number of fused-ring (bicyclic) bond motifs is 2. The van der Waals surface area contributed by atoms with Crippen LogP contribution in [0.4, 0.5) is 11.4 Å². The van der Waals surface area contributed by atoms with Gasteiger partial charge in [-0.15, -0.1) is 10.1 Å². The molecule has 4 aliphatic rings. The van der Waals surface area contributed by atoms with Crippen LogP contribution in [-0.4, -0.2) is 95.0 Å². The van der Waals surface area contributed by atoms with Crippen molar-refractivity contribution in [1.29, 1.82) is 0 Å². The first kappa shape index (κ1) is 52.8. The van der Waals surface area contributed by atoms with Crippen molar-refractivity contribution >= 4 is 72.9 Å². The van der Waals surface area contributed by atoms with E-state index in [0.717, 1.165) is 22.8 Å². The summed E-state index contributed by atoms with van der Waals surface area (Å²) in [6.45, 7) is 8.67. The molecule has 18 nitrogen and oxygen atoms in total. The third-order valence-corrected chi connectivity index (χ3v) is 13.6. The molecule has 2 aromatic carbocycles. The van der Waals surface area contributed by atoms with Gasteiger partial charge in [0, 0.05) is 86.0 Å². The van der Waals surface area contributed by atoms with Crippen molar-refractivity contribution in [3.8, 4) is 0 Å². The van der Waals surface area contributed by atoms with Gasteiger partial charge in [0.15, 0.2) is 5.71 Å². The van der Waals surface area contributed by atoms with Gasteiger partial charge in [0.1, 0.15) is 16.7 Å². The summed E-state index contributed by atoms with van der Waals surface area (Å²) in [7, 11) is -9.24. The number of carbonyl (C=O) groups excluding carboxylic acids is 6. The second-order valence-electron chi connectivity index (χ2n) is 17.2. The minimum Gasteiger partial charge on any atom is -0.744 e. The summed E-state index contributed by atoms with van der Waals surface area (Å²) < 4.78 is 72.2. The van der Waals surface area contributed by atoms with E-state index in [1.165, 1.54) is 24.3 Å². The number of rotatable bonds is 19. The molecule has 0 bridgehead atoms. The van der Waals surface area contributed by atoms with Gasteiger partial charge in [-0.1, -0.05) is 38.5 Å². The number of anilines is 1. The third kappa shape index (κ3) is 11.9. The standard InChI is InChI=1S/C45H52N4O14S2.K/c1-44(2)32-28-30(64(56,57)58)18-20-34(32)46(26-12-6-10-16-42(54)62-48-38(50)22-23-39(48)51)36(44)14-8-5-9-15-37-45(3,4)33-29-31(65(59,60)61)19-21-35(33)47(37)27-13-7-11-17-43(55)63-49-40(52)24-25-41(49)53;/h5,8-9,14-15,18-21,28-29H,6-7,10-13,16-17,22-27H2,1-4H3,(H-,56,57,58,59,60,61);/q;+1. The summed E-state index contributed by atoms with van der Waals surface area (Å²) >= 11 is 0. The van der Waals surface area contributed by atoms with Gasteiger partial charge in [-0.3, -0.25) is 23.7 Å². The molecule has 2 aromatic rings.